The molecule has 0 spiro atoms. The van der Waals surface area contributed by atoms with Crippen LogP contribution in [0.4, 0.5) is 24.7 Å². The Balaban J connectivity index is 1.57. The number of rotatable bonds is 4. The van der Waals surface area contributed by atoms with Gasteiger partial charge in [-0.25, -0.2) is 4.98 Å². The van der Waals surface area contributed by atoms with Gasteiger partial charge in [-0.15, -0.1) is 5.53 Å². The average molecular weight is 443 g/mol. The summed E-state index contributed by atoms with van der Waals surface area (Å²) in [5, 5.41) is 8.38. The van der Waals surface area contributed by atoms with Gasteiger partial charge in [-0.3, -0.25) is 14.5 Å². The number of hydrogen-bond acceptors (Lipinski definition) is 6. The third-order valence-corrected chi connectivity index (χ3v) is 5.15. The number of amides is 1. The SMILES string of the molecule is Cc1ccc(C(=O)Nc2cc(C(F)(F)F)ccn2)cc1N1C=C(c2cnn(C)c2C)NN1. The van der Waals surface area contributed by atoms with Crippen molar-refractivity contribution < 1.29 is 18.0 Å². The summed E-state index contributed by atoms with van der Waals surface area (Å²) in [6.45, 7) is 3.83. The van der Waals surface area contributed by atoms with Crippen LogP contribution in [0, 0.1) is 13.8 Å². The van der Waals surface area contributed by atoms with Gasteiger partial charge in [0, 0.05) is 36.3 Å². The largest absolute Gasteiger partial charge is 0.416 e. The molecule has 3 aromatic rings. The lowest BCUT2D eigenvalue weighted by Gasteiger charge is -2.18. The van der Waals surface area contributed by atoms with Crippen LogP contribution >= 0.6 is 0 Å². The standard InChI is InChI=1S/C21H20F3N7O/c1-12-4-5-14(20(32)27-19-9-15(6-7-25-19)21(22,23)24)8-18(12)31-11-17(28-29-31)16-10-26-30(3)13(16)2/h4-11,28-29H,1-3H3,(H,25,27,32). The molecule has 11 heteroatoms. The molecule has 1 aliphatic rings. The normalized spacial score (nSPS) is 13.7. The zero-order valence-corrected chi connectivity index (χ0v) is 17.4. The smallest absolute Gasteiger partial charge is 0.307 e. The fourth-order valence-electron chi connectivity index (χ4n) is 3.22. The number of halogens is 3. The van der Waals surface area contributed by atoms with E-state index in [1.165, 1.54) is 0 Å². The first-order valence-electron chi connectivity index (χ1n) is 9.60. The Hall–Kier alpha value is -3.86. The summed E-state index contributed by atoms with van der Waals surface area (Å²) in [6.07, 6.45) is 0.0661. The van der Waals surface area contributed by atoms with Crippen LogP contribution in [0.25, 0.3) is 5.70 Å². The van der Waals surface area contributed by atoms with Gasteiger partial charge in [0.25, 0.3) is 5.91 Å². The Bertz CT molecular complexity index is 1220. The van der Waals surface area contributed by atoms with Gasteiger partial charge in [0.1, 0.15) is 5.82 Å². The van der Waals surface area contributed by atoms with Crippen LogP contribution in [-0.2, 0) is 13.2 Å². The summed E-state index contributed by atoms with van der Waals surface area (Å²) < 4.78 is 40.5. The fourth-order valence-corrected chi connectivity index (χ4v) is 3.22. The molecule has 1 amide bonds. The molecule has 1 aromatic carbocycles. The molecule has 0 saturated carbocycles. The molecule has 0 unspecified atom stereocenters. The van der Waals surface area contributed by atoms with E-state index in [9.17, 15) is 18.0 Å². The first-order chi connectivity index (χ1) is 15.1. The molecule has 0 fully saturated rings. The van der Waals surface area contributed by atoms with E-state index in [0.717, 1.165) is 40.8 Å². The summed E-state index contributed by atoms with van der Waals surface area (Å²) in [6, 6.07) is 6.64. The number of aromatic nitrogens is 3. The molecule has 0 bridgehead atoms. The topological polar surface area (TPSA) is 87.1 Å². The molecular formula is C21H20F3N7O. The van der Waals surface area contributed by atoms with Crippen molar-refractivity contribution in [3.63, 3.8) is 0 Å². The Labute approximate surface area is 181 Å². The third kappa shape index (κ3) is 4.14. The second kappa shape index (κ2) is 8.00. The van der Waals surface area contributed by atoms with Crippen molar-refractivity contribution in [3.05, 3.63) is 76.9 Å². The van der Waals surface area contributed by atoms with Gasteiger partial charge in [-0.05, 0) is 43.7 Å². The summed E-state index contributed by atoms with van der Waals surface area (Å²) in [5.41, 5.74) is 9.76. The number of nitrogens with one attached hydrogen (secondary N) is 3. The molecule has 8 nitrogen and oxygen atoms in total. The Morgan fingerprint density at radius 1 is 1.16 bits per heavy atom. The predicted octanol–water partition coefficient (Wildman–Crippen LogP) is 3.53. The fraction of sp³-hybridized carbons (Fsp3) is 0.190. The van der Waals surface area contributed by atoms with Crippen LogP contribution < -0.4 is 21.3 Å². The first kappa shape index (κ1) is 21.4. The number of alkyl halides is 3. The lowest BCUT2D eigenvalue weighted by molar-refractivity contribution is -0.137. The Morgan fingerprint density at radius 3 is 2.62 bits per heavy atom. The molecule has 3 N–H and O–H groups in total. The molecular weight excluding hydrogens is 423 g/mol. The summed E-state index contributed by atoms with van der Waals surface area (Å²) in [5.74, 6) is -0.750. The minimum absolute atomic E-state index is 0.179. The maximum Gasteiger partial charge on any atom is 0.416 e. The van der Waals surface area contributed by atoms with Crippen molar-refractivity contribution in [2.45, 2.75) is 20.0 Å². The molecule has 0 atom stereocenters. The van der Waals surface area contributed by atoms with Gasteiger partial charge in [-0.2, -0.15) is 18.3 Å². The Morgan fingerprint density at radius 2 is 1.94 bits per heavy atom. The monoisotopic (exact) mass is 443 g/mol. The maximum atomic E-state index is 12.9. The summed E-state index contributed by atoms with van der Waals surface area (Å²) in [7, 11) is 1.85. The first-order valence-corrected chi connectivity index (χ1v) is 9.60. The van der Waals surface area contributed by atoms with Gasteiger partial charge in [-0.1, -0.05) is 6.07 Å². The zero-order chi connectivity index (χ0) is 23.0. The number of carbonyl (C=O) groups excluding carboxylic acids is 1. The Kier molecular flexibility index (Phi) is 5.35. The van der Waals surface area contributed by atoms with Gasteiger partial charge >= 0.3 is 6.18 Å². The molecule has 166 valence electrons. The number of hydrogen-bond donors (Lipinski definition) is 3. The molecule has 0 radical (unpaired) electrons. The highest BCUT2D eigenvalue weighted by atomic mass is 19.4. The second-order valence-electron chi connectivity index (χ2n) is 7.30. The van der Waals surface area contributed by atoms with Crippen LogP contribution in [-0.4, -0.2) is 20.7 Å². The van der Waals surface area contributed by atoms with E-state index in [1.807, 2.05) is 27.1 Å². The highest BCUT2D eigenvalue weighted by Crippen LogP contribution is 2.30. The van der Waals surface area contributed by atoms with Crippen molar-refractivity contribution >= 4 is 23.1 Å². The van der Waals surface area contributed by atoms with E-state index in [1.54, 1.807) is 34.1 Å². The zero-order valence-electron chi connectivity index (χ0n) is 17.4. The summed E-state index contributed by atoms with van der Waals surface area (Å²) in [4.78, 5) is 16.5. The summed E-state index contributed by atoms with van der Waals surface area (Å²) >= 11 is 0. The quantitative estimate of drug-likeness (QED) is 0.572. The molecule has 0 aliphatic carbocycles. The number of nitrogens with zero attached hydrogens (tertiary/aromatic N) is 4. The maximum absolute atomic E-state index is 12.9. The minimum atomic E-state index is -4.52. The predicted molar refractivity (Wildman–Crippen MR) is 113 cm³/mol. The van der Waals surface area contributed by atoms with E-state index in [2.05, 4.69) is 26.4 Å². The van der Waals surface area contributed by atoms with Crippen molar-refractivity contribution in [1.29, 1.82) is 0 Å². The lowest BCUT2D eigenvalue weighted by Crippen LogP contribution is -2.36. The van der Waals surface area contributed by atoms with Crippen molar-refractivity contribution in [3.8, 4) is 0 Å². The van der Waals surface area contributed by atoms with Crippen molar-refractivity contribution in [2.24, 2.45) is 7.05 Å². The van der Waals surface area contributed by atoms with E-state index >= 15 is 0 Å². The van der Waals surface area contributed by atoms with Gasteiger partial charge in [0.15, 0.2) is 0 Å². The van der Waals surface area contributed by atoms with Crippen LogP contribution in [0.15, 0.2) is 48.9 Å². The van der Waals surface area contributed by atoms with E-state index in [0.29, 0.717) is 5.69 Å². The molecule has 2 aromatic heterocycles. The van der Waals surface area contributed by atoms with Gasteiger partial charge in [0.05, 0.1) is 23.1 Å². The number of aryl methyl sites for hydroxylation is 2. The highest BCUT2D eigenvalue weighted by molar-refractivity contribution is 6.04. The highest BCUT2D eigenvalue weighted by Gasteiger charge is 2.31. The average Bonchev–Trinajstić information content (AvgIpc) is 3.35. The van der Waals surface area contributed by atoms with E-state index < -0.39 is 17.6 Å². The molecule has 32 heavy (non-hydrogen) atoms. The van der Waals surface area contributed by atoms with Crippen molar-refractivity contribution in [1.82, 2.24) is 25.7 Å². The number of anilines is 2. The number of hydrazine groups is 2. The minimum Gasteiger partial charge on any atom is -0.307 e. The van der Waals surface area contributed by atoms with Gasteiger partial charge < -0.3 is 10.7 Å². The molecule has 3 heterocycles. The third-order valence-electron chi connectivity index (χ3n) is 5.15. The van der Waals surface area contributed by atoms with E-state index in [-0.39, 0.29) is 11.4 Å². The molecule has 0 saturated heterocycles. The molecule has 4 rings (SSSR count). The molecule has 1 aliphatic heterocycles. The van der Waals surface area contributed by atoms with Crippen LogP contribution in [0.5, 0.6) is 0 Å². The number of benzene rings is 1. The van der Waals surface area contributed by atoms with Gasteiger partial charge in [0.2, 0.25) is 0 Å². The van der Waals surface area contributed by atoms with Crippen molar-refractivity contribution in [2.75, 3.05) is 10.3 Å². The van der Waals surface area contributed by atoms with E-state index in [4.69, 9.17) is 0 Å². The number of carbonyl (C=O) groups is 1. The van der Waals surface area contributed by atoms with Crippen LogP contribution in [0.1, 0.15) is 32.7 Å². The lowest BCUT2D eigenvalue weighted by atomic mass is 10.1. The second-order valence-corrected chi connectivity index (χ2v) is 7.30. The number of pyridine rings is 1. The van der Waals surface area contributed by atoms with Crippen LogP contribution in [0.2, 0.25) is 0 Å². The van der Waals surface area contributed by atoms with Crippen LogP contribution in [0.3, 0.4) is 0 Å².